The molecular weight excluding hydrogens is 148 g/mol. The number of rotatable bonds is 4. The Hall–Kier alpha value is -1.44. The first-order chi connectivity index (χ1) is 5.07. The van der Waals surface area contributed by atoms with Crippen LogP contribution in [0.25, 0.3) is 0 Å². The van der Waals surface area contributed by atoms with Crippen LogP contribution < -0.4 is 0 Å². The van der Waals surface area contributed by atoms with E-state index in [-0.39, 0.29) is 18.6 Å². The fourth-order valence-electron chi connectivity index (χ4n) is 0.557. The summed E-state index contributed by atoms with van der Waals surface area (Å²) >= 11 is 0. The highest BCUT2D eigenvalue weighted by molar-refractivity contribution is 5.75. The quantitative estimate of drug-likeness (QED) is 0.438. The summed E-state index contributed by atoms with van der Waals surface area (Å²) in [6.07, 6.45) is 0.109. The van der Waals surface area contributed by atoms with Crippen LogP contribution in [0.2, 0.25) is 0 Å². The van der Waals surface area contributed by atoms with Gasteiger partial charge in [0.05, 0.1) is 0 Å². The summed E-state index contributed by atoms with van der Waals surface area (Å²) in [6, 6.07) is 0.268. The Morgan fingerprint density at radius 2 is 2.36 bits per heavy atom. The SMILES string of the molecule is CC(=O)CCC(C#N)[N+](=O)[O-]. The van der Waals surface area contributed by atoms with Gasteiger partial charge in [-0.2, -0.15) is 5.26 Å². The first-order valence-corrected chi connectivity index (χ1v) is 3.10. The summed E-state index contributed by atoms with van der Waals surface area (Å²) in [5, 5.41) is 18.2. The number of Topliss-reactive ketones (excluding diaryl/α,β-unsaturated/α-hetero) is 1. The van der Waals surface area contributed by atoms with Crippen molar-refractivity contribution in [1.82, 2.24) is 0 Å². The first kappa shape index (κ1) is 9.56. The fraction of sp³-hybridized carbons (Fsp3) is 0.667. The maximum Gasteiger partial charge on any atom is 0.297 e. The zero-order chi connectivity index (χ0) is 8.85. The molecule has 60 valence electrons. The maximum absolute atomic E-state index is 10.4. The number of hydrogen-bond acceptors (Lipinski definition) is 4. The number of carbonyl (C=O) groups is 1. The lowest BCUT2D eigenvalue weighted by molar-refractivity contribution is -0.507. The van der Waals surface area contributed by atoms with Gasteiger partial charge in [-0.15, -0.1) is 0 Å². The van der Waals surface area contributed by atoms with Gasteiger partial charge in [0.1, 0.15) is 11.9 Å². The number of nitriles is 1. The van der Waals surface area contributed by atoms with E-state index >= 15 is 0 Å². The molecule has 0 saturated carbocycles. The second-order valence-electron chi connectivity index (χ2n) is 2.17. The van der Waals surface area contributed by atoms with E-state index in [0.717, 1.165) is 0 Å². The van der Waals surface area contributed by atoms with Crippen LogP contribution in [0.1, 0.15) is 19.8 Å². The predicted molar refractivity (Wildman–Crippen MR) is 36.3 cm³/mol. The Balaban J connectivity index is 3.82. The monoisotopic (exact) mass is 156 g/mol. The topological polar surface area (TPSA) is 84.0 Å². The van der Waals surface area contributed by atoms with Crippen molar-refractivity contribution in [1.29, 1.82) is 5.26 Å². The Morgan fingerprint density at radius 3 is 2.64 bits per heavy atom. The van der Waals surface area contributed by atoms with Gasteiger partial charge in [-0.25, -0.2) is 0 Å². The average Bonchev–Trinajstić information content (AvgIpc) is 1.87. The van der Waals surface area contributed by atoms with Gasteiger partial charge in [0.2, 0.25) is 0 Å². The summed E-state index contributed by atoms with van der Waals surface area (Å²) in [5.41, 5.74) is 0. The van der Waals surface area contributed by atoms with E-state index in [1.165, 1.54) is 13.0 Å². The number of nitro groups is 1. The van der Waals surface area contributed by atoms with Crippen molar-refractivity contribution in [3.05, 3.63) is 10.1 Å². The Morgan fingerprint density at radius 1 is 1.82 bits per heavy atom. The Labute approximate surface area is 63.8 Å². The average molecular weight is 156 g/mol. The third-order valence-corrected chi connectivity index (χ3v) is 1.17. The fourth-order valence-corrected chi connectivity index (χ4v) is 0.557. The molecule has 0 amide bonds. The highest BCUT2D eigenvalue weighted by Gasteiger charge is 2.18. The minimum Gasteiger partial charge on any atom is -0.300 e. The standard InChI is InChI=1S/C6H8N2O3/c1-5(9)2-3-6(4-7)8(10)11/h6H,2-3H2,1H3. The van der Waals surface area contributed by atoms with Gasteiger partial charge in [-0.1, -0.05) is 0 Å². The summed E-state index contributed by atoms with van der Waals surface area (Å²) in [7, 11) is 0. The highest BCUT2D eigenvalue weighted by Crippen LogP contribution is 1.99. The molecule has 0 rings (SSSR count). The second-order valence-corrected chi connectivity index (χ2v) is 2.17. The molecule has 0 heterocycles. The number of nitrogens with zero attached hydrogens (tertiary/aromatic N) is 2. The predicted octanol–water partition coefficient (Wildman–Crippen LogP) is 0.524. The molecule has 0 fully saturated rings. The summed E-state index contributed by atoms with van der Waals surface area (Å²) in [4.78, 5) is 19.7. The van der Waals surface area contributed by atoms with Crippen molar-refractivity contribution in [3.8, 4) is 6.07 Å². The summed E-state index contributed by atoms with van der Waals surface area (Å²) < 4.78 is 0. The summed E-state index contributed by atoms with van der Waals surface area (Å²) in [5.74, 6) is -0.132. The minimum absolute atomic E-state index is 0.0127. The number of ketones is 1. The van der Waals surface area contributed by atoms with Crippen LogP contribution in [-0.2, 0) is 4.79 Å². The van der Waals surface area contributed by atoms with Crippen molar-refractivity contribution in [2.24, 2.45) is 0 Å². The normalized spacial score (nSPS) is 11.6. The maximum atomic E-state index is 10.4. The number of carbonyl (C=O) groups excluding carboxylic acids is 1. The Bertz CT molecular complexity index is 206. The molecule has 0 aromatic heterocycles. The van der Waals surface area contributed by atoms with Crippen molar-refractivity contribution in [2.75, 3.05) is 0 Å². The van der Waals surface area contributed by atoms with Gasteiger partial charge in [-0.3, -0.25) is 10.1 Å². The molecule has 0 spiro atoms. The largest absolute Gasteiger partial charge is 0.300 e. The number of hydrogen-bond donors (Lipinski definition) is 0. The van der Waals surface area contributed by atoms with Crippen molar-refractivity contribution in [3.63, 3.8) is 0 Å². The first-order valence-electron chi connectivity index (χ1n) is 3.10. The molecule has 0 radical (unpaired) electrons. The lowest BCUT2D eigenvalue weighted by atomic mass is 10.1. The summed E-state index contributed by atoms with van der Waals surface area (Å²) in [6.45, 7) is 1.34. The molecule has 11 heavy (non-hydrogen) atoms. The third kappa shape index (κ3) is 4.03. The molecular formula is C6H8N2O3. The highest BCUT2D eigenvalue weighted by atomic mass is 16.6. The minimum atomic E-state index is -1.24. The van der Waals surface area contributed by atoms with Crippen LogP contribution in [0.4, 0.5) is 0 Å². The van der Waals surface area contributed by atoms with E-state index in [1.54, 1.807) is 0 Å². The molecule has 1 unspecified atom stereocenters. The van der Waals surface area contributed by atoms with E-state index in [4.69, 9.17) is 5.26 Å². The van der Waals surface area contributed by atoms with Gasteiger partial charge in [0.25, 0.3) is 6.04 Å². The van der Waals surface area contributed by atoms with Gasteiger partial charge >= 0.3 is 0 Å². The van der Waals surface area contributed by atoms with Crippen LogP contribution in [0.3, 0.4) is 0 Å². The lowest BCUT2D eigenvalue weighted by Crippen LogP contribution is -2.17. The van der Waals surface area contributed by atoms with Crippen molar-refractivity contribution in [2.45, 2.75) is 25.8 Å². The smallest absolute Gasteiger partial charge is 0.297 e. The van der Waals surface area contributed by atoms with Crippen LogP contribution in [0.15, 0.2) is 0 Å². The van der Waals surface area contributed by atoms with Crippen LogP contribution in [0, 0.1) is 21.4 Å². The Kier molecular flexibility index (Phi) is 3.81. The molecule has 0 aliphatic rings. The lowest BCUT2D eigenvalue weighted by Gasteiger charge is -1.97. The van der Waals surface area contributed by atoms with Crippen LogP contribution in [-0.4, -0.2) is 16.7 Å². The molecule has 0 bridgehead atoms. The van der Waals surface area contributed by atoms with Gasteiger partial charge in [0.15, 0.2) is 0 Å². The van der Waals surface area contributed by atoms with E-state index < -0.39 is 11.0 Å². The zero-order valence-corrected chi connectivity index (χ0v) is 6.11. The van der Waals surface area contributed by atoms with E-state index in [9.17, 15) is 14.9 Å². The van der Waals surface area contributed by atoms with E-state index in [0.29, 0.717) is 0 Å². The van der Waals surface area contributed by atoms with Gasteiger partial charge in [0, 0.05) is 17.8 Å². The van der Waals surface area contributed by atoms with Gasteiger partial charge < -0.3 is 4.79 Å². The van der Waals surface area contributed by atoms with Crippen molar-refractivity contribution >= 4 is 5.78 Å². The van der Waals surface area contributed by atoms with Crippen molar-refractivity contribution < 1.29 is 9.72 Å². The molecule has 0 saturated heterocycles. The molecule has 5 heteroatoms. The molecule has 0 N–H and O–H groups in total. The van der Waals surface area contributed by atoms with E-state index in [2.05, 4.69) is 0 Å². The third-order valence-electron chi connectivity index (χ3n) is 1.17. The molecule has 5 nitrogen and oxygen atoms in total. The molecule has 0 aromatic carbocycles. The van der Waals surface area contributed by atoms with E-state index in [1.807, 2.05) is 0 Å². The van der Waals surface area contributed by atoms with Gasteiger partial charge in [-0.05, 0) is 6.92 Å². The van der Waals surface area contributed by atoms with Crippen LogP contribution >= 0.6 is 0 Å². The molecule has 1 atom stereocenters. The van der Waals surface area contributed by atoms with Crippen LogP contribution in [0.5, 0.6) is 0 Å². The second kappa shape index (κ2) is 4.39. The molecule has 0 aromatic rings. The molecule has 0 aliphatic carbocycles. The zero-order valence-electron chi connectivity index (χ0n) is 6.11. The molecule has 0 aliphatic heterocycles.